The van der Waals surface area contributed by atoms with Crippen LogP contribution in [0.2, 0.25) is 0 Å². The molecule has 44 heavy (non-hydrogen) atoms. The first kappa shape index (κ1) is 32.9. The molecule has 0 spiro atoms. The van der Waals surface area contributed by atoms with Crippen LogP contribution in [0.5, 0.6) is 0 Å². The molecular formula is C36H48N6O2. The highest BCUT2D eigenvalue weighted by Crippen LogP contribution is 2.24. The molecule has 8 heteroatoms. The Balaban J connectivity index is 1.42. The van der Waals surface area contributed by atoms with Crippen molar-refractivity contribution in [3.05, 3.63) is 102 Å². The zero-order valence-electron chi connectivity index (χ0n) is 26.6. The molecule has 1 heterocycles. The number of benzene rings is 3. The number of H-pyrrole nitrogens is 1. The standard InChI is InChI=1S/C36H48N6O2/c1-5-30(6-2)42(7-3)23-11-16-33(36(44)40-26(4)31-15-10-13-28-12-8-9-14-32(28)31)41-35(43)29-19-17-27(18-20-29)24-37-25-34-38-21-22-39-34/h8-10,12-15,17-22,26,30,33,37H,5-7,11,16,23-25H2,1-4H3,(H,38,39)(H,40,44)(H,41,43)/t26-,33-/m0/s1. The molecule has 2 atom stereocenters. The van der Waals surface area contributed by atoms with Gasteiger partial charge in [0.15, 0.2) is 0 Å². The summed E-state index contributed by atoms with van der Waals surface area (Å²) >= 11 is 0. The number of imidazole rings is 1. The van der Waals surface area contributed by atoms with Crippen LogP contribution >= 0.6 is 0 Å². The second-order valence-corrected chi connectivity index (χ2v) is 11.4. The molecule has 234 valence electrons. The topological polar surface area (TPSA) is 102 Å². The van der Waals surface area contributed by atoms with E-state index < -0.39 is 6.04 Å². The molecule has 0 fully saturated rings. The molecule has 0 bridgehead atoms. The maximum absolute atomic E-state index is 13.7. The minimum absolute atomic E-state index is 0.164. The van der Waals surface area contributed by atoms with E-state index in [1.54, 1.807) is 12.4 Å². The third-order valence-electron chi connectivity index (χ3n) is 8.47. The van der Waals surface area contributed by atoms with Crippen molar-refractivity contribution < 1.29 is 9.59 Å². The van der Waals surface area contributed by atoms with E-state index in [1.165, 1.54) is 0 Å². The summed E-state index contributed by atoms with van der Waals surface area (Å²) in [5.41, 5.74) is 2.66. The van der Waals surface area contributed by atoms with Crippen molar-refractivity contribution in [2.24, 2.45) is 0 Å². The molecule has 4 N–H and O–H groups in total. The lowest BCUT2D eigenvalue weighted by molar-refractivity contribution is -0.123. The zero-order chi connectivity index (χ0) is 31.3. The first-order valence-electron chi connectivity index (χ1n) is 16.0. The number of nitrogens with zero attached hydrogens (tertiary/aromatic N) is 2. The predicted octanol–water partition coefficient (Wildman–Crippen LogP) is 6.12. The molecule has 0 saturated carbocycles. The molecule has 0 radical (unpaired) electrons. The summed E-state index contributed by atoms with van der Waals surface area (Å²) in [6.45, 7) is 11.8. The fourth-order valence-corrected chi connectivity index (χ4v) is 5.93. The van der Waals surface area contributed by atoms with Gasteiger partial charge in [-0.05, 0) is 79.7 Å². The lowest BCUT2D eigenvalue weighted by Gasteiger charge is -2.30. The van der Waals surface area contributed by atoms with Gasteiger partial charge in [0.05, 0.1) is 12.6 Å². The lowest BCUT2D eigenvalue weighted by atomic mass is 9.99. The first-order chi connectivity index (χ1) is 21.4. The Hall–Kier alpha value is -4.01. The number of rotatable bonds is 17. The number of nitrogens with one attached hydrogen (secondary N) is 4. The lowest BCUT2D eigenvalue weighted by Crippen LogP contribution is -2.47. The van der Waals surface area contributed by atoms with Crippen molar-refractivity contribution in [1.82, 2.24) is 30.8 Å². The third kappa shape index (κ3) is 9.00. The van der Waals surface area contributed by atoms with Crippen LogP contribution in [-0.4, -0.2) is 51.9 Å². The predicted molar refractivity (Wildman–Crippen MR) is 178 cm³/mol. The van der Waals surface area contributed by atoms with Crippen LogP contribution < -0.4 is 16.0 Å². The van der Waals surface area contributed by atoms with Gasteiger partial charge in [0.1, 0.15) is 11.9 Å². The number of aromatic amines is 1. The van der Waals surface area contributed by atoms with Crippen LogP contribution in [0.4, 0.5) is 0 Å². The Bertz CT molecular complexity index is 1440. The van der Waals surface area contributed by atoms with E-state index in [4.69, 9.17) is 0 Å². The van der Waals surface area contributed by atoms with Crippen molar-refractivity contribution in [3.63, 3.8) is 0 Å². The van der Waals surface area contributed by atoms with E-state index in [0.29, 0.717) is 31.1 Å². The molecular weight excluding hydrogens is 548 g/mol. The Labute approximate surface area is 262 Å². The fraction of sp³-hybridized carbons (Fsp3) is 0.417. The average Bonchev–Trinajstić information content (AvgIpc) is 3.57. The molecule has 0 aliphatic carbocycles. The highest BCUT2D eigenvalue weighted by atomic mass is 16.2. The monoisotopic (exact) mass is 596 g/mol. The van der Waals surface area contributed by atoms with Gasteiger partial charge in [0, 0.05) is 30.5 Å². The molecule has 8 nitrogen and oxygen atoms in total. The molecule has 1 aromatic heterocycles. The highest BCUT2D eigenvalue weighted by Gasteiger charge is 2.24. The van der Waals surface area contributed by atoms with Crippen LogP contribution in [0, 0.1) is 0 Å². The number of carbonyl (C=O) groups is 2. The summed E-state index contributed by atoms with van der Waals surface area (Å²) in [4.78, 5) is 36.9. The molecule has 2 amide bonds. The third-order valence-corrected chi connectivity index (χ3v) is 8.47. The Kier molecular flexibility index (Phi) is 12.5. The molecule has 3 aromatic carbocycles. The van der Waals surface area contributed by atoms with Crippen molar-refractivity contribution in [2.45, 2.75) is 84.6 Å². The Morgan fingerprint density at radius 1 is 0.909 bits per heavy atom. The van der Waals surface area contributed by atoms with Gasteiger partial charge >= 0.3 is 0 Å². The van der Waals surface area contributed by atoms with E-state index in [2.05, 4.69) is 75.9 Å². The van der Waals surface area contributed by atoms with E-state index >= 15 is 0 Å². The number of hydrogen-bond acceptors (Lipinski definition) is 5. The maximum atomic E-state index is 13.7. The van der Waals surface area contributed by atoms with Gasteiger partial charge in [-0.1, -0.05) is 75.4 Å². The summed E-state index contributed by atoms with van der Waals surface area (Å²) in [5.74, 6) is 0.468. The largest absolute Gasteiger partial charge is 0.348 e. The van der Waals surface area contributed by atoms with Gasteiger partial charge < -0.3 is 25.8 Å². The van der Waals surface area contributed by atoms with Crippen LogP contribution in [-0.2, 0) is 17.9 Å². The van der Waals surface area contributed by atoms with Gasteiger partial charge in [0.2, 0.25) is 5.91 Å². The minimum atomic E-state index is -0.644. The summed E-state index contributed by atoms with van der Waals surface area (Å²) in [5, 5.41) is 11.9. The smallest absolute Gasteiger partial charge is 0.251 e. The second-order valence-electron chi connectivity index (χ2n) is 11.4. The number of amides is 2. The van der Waals surface area contributed by atoms with Gasteiger partial charge in [-0.2, -0.15) is 0 Å². The van der Waals surface area contributed by atoms with Gasteiger partial charge in [-0.3, -0.25) is 9.59 Å². The normalized spacial score (nSPS) is 12.9. The maximum Gasteiger partial charge on any atom is 0.251 e. The van der Waals surface area contributed by atoms with Gasteiger partial charge in [-0.15, -0.1) is 0 Å². The van der Waals surface area contributed by atoms with E-state index in [0.717, 1.165) is 60.1 Å². The minimum Gasteiger partial charge on any atom is -0.348 e. The molecule has 0 aliphatic heterocycles. The van der Waals surface area contributed by atoms with Gasteiger partial charge in [0.25, 0.3) is 5.91 Å². The number of carbonyl (C=O) groups excluding carboxylic acids is 2. The quantitative estimate of drug-likeness (QED) is 0.118. The van der Waals surface area contributed by atoms with Crippen molar-refractivity contribution in [2.75, 3.05) is 13.1 Å². The highest BCUT2D eigenvalue weighted by molar-refractivity contribution is 5.97. The van der Waals surface area contributed by atoms with E-state index in [-0.39, 0.29) is 17.9 Å². The van der Waals surface area contributed by atoms with Crippen LogP contribution in [0.15, 0.2) is 79.1 Å². The fourth-order valence-electron chi connectivity index (χ4n) is 5.93. The van der Waals surface area contributed by atoms with Crippen molar-refractivity contribution in [3.8, 4) is 0 Å². The SMILES string of the molecule is CCC(CC)N(CC)CCC[C@H](NC(=O)c1ccc(CNCc2ncc[nH]2)cc1)C(=O)N[C@@H](C)c1cccc2ccccc12. The number of fused-ring (bicyclic) bond motifs is 1. The molecule has 0 unspecified atom stereocenters. The number of aromatic nitrogens is 2. The summed E-state index contributed by atoms with van der Waals surface area (Å²) in [6, 6.07) is 21.5. The van der Waals surface area contributed by atoms with Crippen LogP contribution in [0.1, 0.15) is 86.7 Å². The summed E-state index contributed by atoms with van der Waals surface area (Å²) in [6.07, 6.45) is 7.10. The van der Waals surface area contributed by atoms with E-state index in [9.17, 15) is 9.59 Å². The second kappa shape index (κ2) is 16.7. The van der Waals surface area contributed by atoms with Gasteiger partial charge in [-0.25, -0.2) is 4.98 Å². The zero-order valence-corrected chi connectivity index (χ0v) is 26.6. The van der Waals surface area contributed by atoms with E-state index in [1.807, 2.05) is 49.4 Å². The first-order valence-corrected chi connectivity index (χ1v) is 16.0. The molecule has 0 saturated heterocycles. The summed E-state index contributed by atoms with van der Waals surface area (Å²) in [7, 11) is 0. The molecule has 4 rings (SSSR count). The average molecular weight is 597 g/mol. The summed E-state index contributed by atoms with van der Waals surface area (Å²) < 4.78 is 0. The molecule has 0 aliphatic rings. The van der Waals surface area contributed by atoms with Crippen molar-refractivity contribution >= 4 is 22.6 Å². The van der Waals surface area contributed by atoms with Crippen molar-refractivity contribution in [1.29, 1.82) is 0 Å². The van der Waals surface area contributed by atoms with Crippen LogP contribution in [0.3, 0.4) is 0 Å². The number of hydrogen-bond donors (Lipinski definition) is 4. The molecule has 4 aromatic rings. The Morgan fingerprint density at radius 3 is 2.36 bits per heavy atom. The Morgan fingerprint density at radius 2 is 1.66 bits per heavy atom. The van der Waals surface area contributed by atoms with Crippen LogP contribution in [0.25, 0.3) is 10.8 Å².